The summed E-state index contributed by atoms with van der Waals surface area (Å²) in [6.45, 7) is 0. The molecule has 0 saturated heterocycles. The molecule has 5 nitrogen and oxygen atoms in total. The molecule has 0 fully saturated rings. The lowest BCUT2D eigenvalue weighted by molar-refractivity contribution is 0.102. The molecule has 0 aliphatic carbocycles. The summed E-state index contributed by atoms with van der Waals surface area (Å²) in [4.78, 5) is 12.4. The van der Waals surface area contributed by atoms with Gasteiger partial charge in [-0.25, -0.2) is 4.39 Å². The van der Waals surface area contributed by atoms with Crippen molar-refractivity contribution >= 4 is 34.2 Å². The van der Waals surface area contributed by atoms with E-state index in [4.69, 9.17) is 14.7 Å². The molecule has 3 aromatic carbocycles. The second kappa shape index (κ2) is 8.71. The molecule has 28 heavy (non-hydrogen) atoms. The summed E-state index contributed by atoms with van der Waals surface area (Å²) in [5, 5.41) is 11.7. The number of nitriles is 1. The summed E-state index contributed by atoms with van der Waals surface area (Å²) >= 11 is 1.92. The van der Waals surface area contributed by atoms with E-state index in [1.54, 1.807) is 42.5 Å². The van der Waals surface area contributed by atoms with Gasteiger partial charge in [0.05, 0.1) is 24.3 Å². The van der Waals surface area contributed by atoms with Crippen molar-refractivity contribution in [1.82, 2.24) is 0 Å². The Bertz CT molecular complexity index is 1060. The lowest BCUT2D eigenvalue weighted by Gasteiger charge is -2.11. The molecule has 140 valence electrons. The third-order valence-corrected chi connectivity index (χ3v) is 4.70. The maximum absolute atomic E-state index is 13.2. The molecule has 3 aromatic rings. The van der Waals surface area contributed by atoms with Gasteiger partial charge in [-0.15, -0.1) is 0 Å². The van der Waals surface area contributed by atoms with Crippen LogP contribution in [0.5, 0.6) is 17.2 Å². The number of halogens is 2. The number of hydrogen-bond donors (Lipinski definition) is 1. The molecular weight excluding hydrogens is 474 g/mol. The molecule has 3 rings (SSSR count). The zero-order chi connectivity index (χ0) is 20.1. The molecule has 0 aliphatic rings. The third-order valence-electron chi connectivity index (χ3n) is 3.81. The van der Waals surface area contributed by atoms with Crippen molar-refractivity contribution in [2.45, 2.75) is 0 Å². The average Bonchev–Trinajstić information content (AvgIpc) is 2.69. The quantitative estimate of drug-likeness (QED) is 0.492. The summed E-state index contributed by atoms with van der Waals surface area (Å²) in [7, 11) is 1.50. The monoisotopic (exact) mass is 488 g/mol. The van der Waals surface area contributed by atoms with E-state index in [0.717, 1.165) is 0 Å². The van der Waals surface area contributed by atoms with Gasteiger partial charge in [0.25, 0.3) is 5.91 Å². The van der Waals surface area contributed by atoms with E-state index in [9.17, 15) is 9.18 Å². The number of benzene rings is 3. The largest absolute Gasteiger partial charge is 0.493 e. The Morgan fingerprint density at radius 2 is 1.82 bits per heavy atom. The Labute approximate surface area is 174 Å². The molecule has 0 bridgehead atoms. The third kappa shape index (κ3) is 4.58. The van der Waals surface area contributed by atoms with Gasteiger partial charge in [0, 0.05) is 15.3 Å². The number of carbonyl (C=O) groups is 1. The molecule has 0 unspecified atom stereocenters. The van der Waals surface area contributed by atoms with Crippen LogP contribution in [0.25, 0.3) is 0 Å². The van der Waals surface area contributed by atoms with Gasteiger partial charge in [0.1, 0.15) is 11.6 Å². The van der Waals surface area contributed by atoms with Gasteiger partial charge in [-0.1, -0.05) is 0 Å². The minimum Gasteiger partial charge on any atom is -0.493 e. The molecule has 0 spiro atoms. The first-order valence-corrected chi connectivity index (χ1v) is 9.20. The summed E-state index contributed by atoms with van der Waals surface area (Å²) in [6, 6.07) is 17.7. The Morgan fingerprint density at radius 1 is 1.07 bits per heavy atom. The van der Waals surface area contributed by atoms with Crippen LogP contribution in [-0.4, -0.2) is 13.0 Å². The number of rotatable bonds is 5. The second-order valence-electron chi connectivity index (χ2n) is 5.68. The summed E-state index contributed by atoms with van der Waals surface area (Å²) in [5.41, 5.74) is 1.44. The molecule has 0 aliphatic heterocycles. The van der Waals surface area contributed by atoms with Crippen LogP contribution >= 0.6 is 22.6 Å². The topological polar surface area (TPSA) is 71.3 Å². The van der Waals surface area contributed by atoms with E-state index in [1.165, 1.54) is 25.3 Å². The number of hydrogen-bond acceptors (Lipinski definition) is 4. The molecule has 0 heterocycles. The lowest BCUT2D eigenvalue weighted by Crippen LogP contribution is -2.13. The molecule has 1 amide bonds. The number of anilines is 1. The van der Waals surface area contributed by atoms with Crippen LogP contribution in [0.15, 0.2) is 60.7 Å². The van der Waals surface area contributed by atoms with Crippen molar-refractivity contribution < 1.29 is 18.7 Å². The number of nitrogens with zero attached hydrogens (tertiary/aromatic N) is 1. The van der Waals surface area contributed by atoms with Crippen molar-refractivity contribution in [2.24, 2.45) is 0 Å². The minimum absolute atomic E-state index is 0.327. The highest BCUT2D eigenvalue weighted by Gasteiger charge is 2.12. The van der Waals surface area contributed by atoms with E-state index < -0.39 is 0 Å². The maximum atomic E-state index is 13.2. The number of nitrogens with one attached hydrogen (secondary N) is 1. The average molecular weight is 488 g/mol. The first-order chi connectivity index (χ1) is 13.5. The summed E-state index contributed by atoms with van der Waals surface area (Å²) < 4.78 is 24.7. The van der Waals surface area contributed by atoms with Gasteiger partial charge in [0.15, 0.2) is 11.5 Å². The van der Waals surface area contributed by atoms with Crippen molar-refractivity contribution in [3.05, 3.63) is 81.2 Å². The van der Waals surface area contributed by atoms with Crippen LogP contribution in [0.3, 0.4) is 0 Å². The van der Waals surface area contributed by atoms with E-state index in [2.05, 4.69) is 5.32 Å². The zero-order valence-electron chi connectivity index (χ0n) is 14.7. The molecule has 0 radical (unpaired) electrons. The first kappa shape index (κ1) is 19.6. The molecule has 1 N–H and O–H groups in total. The lowest BCUT2D eigenvalue weighted by atomic mass is 10.2. The van der Waals surface area contributed by atoms with Crippen molar-refractivity contribution in [3.8, 4) is 23.3 Å². The SMILES string of the molecule is COc1cc(C#N)ccc1Oc1ccc(NC(=O)c2ccc(F)cc2I)cc1. The Hall–Kier alpha value is -3.12. The fraction of sp³-hybridized carbons (Fsp3) is 0.0476. The van der Waals surface area contributed by atoms with E-state index in [-0.39, 0.29) is 11.7 Å². The highest BCUT2D eigenvalue weighted by Crippen LogP contribution is 2.32. The Balaban J connectivity index is 1.72. The predicted octanol–water partition coefficient (Wildman–Crippen LogP) is 5.36. The molecular formula is C21H14FIN2O3. The van der Waals surface area contributed by atoms with E-state index >= 15 is 0 Å². The van der Waals surface area contributed by atoms with Crippen LogP contribution in [-0.2, 0) is 0 Å². The van der Waals surface area contributed by atoms with Gasteiger partial charge in [-0.2, -0.15) is 5.26 Å². The van der Waals surface area contributed by atoms with Crippen LogP contribution < -0.4 is 14.8 Å². The fourth-order valence-electron chi connectivity index (χ4n) is 2.43. The van der Waals surface area contributed by atoms with E-state index in [0.29, 0.717) is 37.6 Å². The normalized spacial score (nSPS) is 10.1. The predicted molar refractivity (Wildman–Crippen MR) is 111 cm³/mol. The Morgan fingerprint density at radius 3 is 2.46 bits per heavy atom. The van der Waals surface area contributed by atoms with Gasteiger partial charge in [-0.05, 0) is 77.2 Å². The minimum atomic E-state index is -0.388. The Kier molecular flexibility index (Phi) is 6.11. The van der Waals surface area contributed by atoms with E-state index in [1.807, 2.05) is 28.7 Å². The first-order valence-electron chi connectivity index (χ1n) is 8.12. The molecule has 0 aromatic heterocycles. The number of carbonyl (C=O) groups excluding carboxylic acids is 1. The highest BCUT2D eigenvalue weighted by atomic mass is 127. The van der Waals surface area contributed by atoms with Gasteiger partial charge in [-0.3, -0.25) is 4.79 Å². The van der Waals surface area contributed by atoms with Crippen molar-refractivity contribution in [1.29, 1.82) is 5.26 Å². The van der Waals surface area contributed by atoms with Crippen LogP contribution in [0.2, 0.25) is 0 Å². The van der Waals surface area contributed by atoms with Crippen LogP contribution in [0.1, 0.15) is 15.9 Å². The fourth-order valence-corrected chi connectivity index (χ4v) is 3.15. The summed E-state index contributed by atoms with van der Waals surface area (Å²) in [5.74, 6) is 0.742. The number of methoxy groups -OCH3 is 1. The van der Waals surface area contributed by atoms with Gasteiger partial charge >= 0.3 is 0 Å². The zero-order valence-corrected chi connectivity index (χ0v) is 16.9. The number of amides is 1. The van der Waals surface area contributed by atoms with Crippen LogP contribution in [0.4, 0.5) is 10.1 Å². The maximum Gasteiger partial charge on any atom is 0.256 e. The smallest absolute Gasteiger partial charge is 0.256 e. The van der Waals surface area contributed by atoms with Gasteiger partial charge < -0.3 is 14.8 Å². The van der Waals surface area contributed by atoms with Gasteiger partial charge in [0.2, 0.25) is 0 Å². The molecule has 0 saturated carbocycles. The molecule has 7 heteroatoms. The van der Waals surface area contributed by atoms with Crippen molar-refractivity contribution in [2.75, 3.05) is 12.4 Å². The standard InChI is InChI=1S/C21H14FIN2O3/c1-27-20-10-13(12-24)2-9-19(20)28-16-6-4-15(5-7-16)25-21(26)17-8-3-14(22)11-18(17)23/h2-11H,1H3,(H,25,26). The van der Waals surface area contributed by atoms with Crippen LogP contribution in [0, 0.1) is 20.7 Å². The molecule has 0 atom stereocenters. The number of ether oxygens (including phenoxy) is 2. The highest BCUT2D eigenvalue weighted by molar-refractivity contribution is 14.1. The second-order valence-corrected chi connectivity index (χ2v) is 6.84. The summed E-state index contributed by atoms with van der Waals surface area (Å²) in [6.07, 6.45) is 0. The van der Waals surface area contributed by atoms with Crippen molar-refractivity contribution in [3.63, 3.8) is 0 Å².